The topological polar surface area (TPSA) is 130 Å². The predicted octanol–water partition coefficient (Wildman–Crippen LogP) is 4.48. The second-order valence-corrected chi connectivity index (χ2v) is 5.78. The molecular formula is C20H15N5O4. The number of phenols is 1. The second kappa shape index (κ2) is 9.00. The molecule has 0 saturated carbocycles. The molecule has 1 amide bonds. The maximum absolute atomic E-state index is 11.9. The Balaban J connectivity index is 1.69. The minimum atomic E-state index is -0.497. The van der Waals surface area contributed by atoms with Crippen LogP contribution in [0.1, 0.15) is 15.9 Å². The molecule has 0 aliphatic carbocycles. The van der Waals surface area contributed by atoms with Crippen molar-refractivity contribution in [1.29, 1.82) is 0 Å². The summed E-state index contributed by atoms with van der Waals surface area (Å²) < 4.78 is 0. The Hall–Kier alpha value is -4.40. The van der Waals surface area contributed by atoms with E-state index in [4.69, 9.17) is 0 Å². The van der Waals surface area contributed by atoms with Gasteiger partial charge in [0.15, 0.2) is 0 Å². The Kier molecular flexibility index (Phi) is 6.01. The van der Waals surface area contributed by atoms with Gasteiger partial charge in [-0.2, -0.15) is 15.3 Å². The van der Waals surface area contributed by atoms with Crippen LogP contribution in [0.15, 0.2) is 88.1 Å². The van der Waals surface area contributed by atoms with Crippen LogP contribution in [0.25, 0.3) is 0 Å². The van der Waals surface area contributed by atoms with Crippen molar-refractivity contribution in [3.8, 4) is 5.75 Å². The van der Waals surface area contributed by atoms with Crippen LogP contribution in [0.2, 0.25) is 0 Å². The van der Waals surface area contributed by atoms with E-state index in [9.17, 15) is 20.0 Å². The lowest BCUT2D eigenvalue weighted by Gasteiger charge is -2.01. The average Bonchev–Trinajstić information content (AvgIpc) is 2.75. The van der Waals surface area contributed by atoms with Gasteiger partial charge < -0.3 is 5.11 Å². The smallest absolute Gasteiger partial charge is 0.271 e. The van der Waals surface area contributed by atoms with Crippen molar-refractivity contribution in [3.63, 3.8) is 0 Å². The zero-order valence-corrected chi connectivity index (χ0v) is 15.0. The van der Waals surface area contributed by atoms with E-state index in [1.54, 1.807) is 36.4 Å². The highest BCUT2D eigenvalue weighted by Crippen LogP contribution is 2.25. The van der Waals surface area contributed by atoms with Gasteiger partial charge in [0.05, 0.1) is 22.5 Å². The molecule has 0 aliphatic rings. The lowest BCUT2D eigenvalue weighted by molar-refractivity contribution is -0.384. The molecule has 3 aromatic rings. The molecule has 0 atom stereocenters. The Labute approximate surface area is 165 Å². The third-order valence-corrected chi connectivity index (χ3v) is 3.76. The highest BCUT2D eigenvalue weighted by atomic mass is 16.6. The first-order chi connectivity index (χ1) is 14.0. The summed E-state index contributed by atoms with van der Waals surface area (Å²) in [5, 5.41) is 32.5. The third-order valence-electron chi connectivity index (χ3n) is 3.76. The number of carbonyl (C=O) groups excluding carboxylic acids is 1. The summed E-state index contributed by atoms with van der Waals surface area (Å²) in [6.07, 6.45) is 1.29. The standard InChI is InChI=1S/C20H15N5O4/c26-19-11-8-17(23-22-16-6-9-18(10-7-16)25(28)29)12-15(19)13-21-24-20(27)14-4-2-1-3-5-14/h1-13,26H,(H,24,27). The summed E-state index contributed by atoms with van der Waals surface area (Å²) in [7, 11) is 0. The van der Waals surface area contributed by atoms with E-state index in [2.05, 4.69) is 20.8 Å². The van der Waals surface area contributed by atoms with Gasteiger partial charge in [0.2, 0.25) is 0 Å². The van der Waals surface area contributed by atoms with Crippen LogP contribution in [-0.2, 0) is 0 Å². The fourth-order valence-corrected chi connectivity index (χ4v) is 2.28. The molecule has 0 spiro atoms. The first-order valence-electron chi connectivity index (χ1n) is 8.40. The lowest BCUT2D eigenvalue weighted by Crippen LogP contribution is -2.17. The number of azo groups is 1. The number of hydrogen-bond donors (Lipinski definition) is 2. The highest BCUT2D eigenvalue weighted by molar-refractivity contribution is 5.95. The van der Waals surface area contributed by atoms with Crippen molar-refractivity contribution in [2.24, 2.45) is 15.3 Å². The number of phenolic OH excluding ortho intramolecular Hbond substituents is 1. The minimum Gasteiger partial charge on any atom is -0.507 e. The largest absolute Gasteiger partial charge is 0.507 e. The van der Waals surface area contributed by atoms with Gasteiger partial charge in [-0.15, -0.1) is 0 Å². The molecule has 0 heterocycles. The van der Waals surface area contributed by atoms with Crippen LogP contribution in [0, 0.1) is 10.1 Å². The Bertz CT molecular complexity index is 1080. The number of non-ortho nitro benzene ring substituents is 1. The van der Waals surface area contributed by atoms with Gasteiger partial charge in [0, 0.05) is 23.3 Å². The molecule has 0 fully saturated rings. The number of carbonyl (C=O) groups is 1. The minimum absolute atomic E-state index is 0.0374. The van der Waals surface area contributed by atoms with E-state index in [1.165, 1.54) is 42.6 Å². The fourth-order valence-electron chi connectivity index (χ4n) is 2.28. The van der Waals surface area contributed by atoms with Gasteiger partial charge in [0.25, 0.3) is 11.6 Å². The number of rotatable bonds is 6. The fraction of sp³-hybridized carbons (Fsp3) is 0. The molecule has 0 bridgehead atoms. The summed E-state index contributed by atoms with van der Waals surface area (Å²) in [5.41, 5.74) is 4.00. The van der Waals surface area contributed by atoms with Gasteiger partial charge >= 0.3 is 0 Å². The Morgan fingerprint density at radius 2 is 1.62 bits per heavy atom. The molecule has 9 heteroatoms. The van der Waals surface area contributed by atoms with Crippen molar-refractivity contribution < 1.29 is 14.8 Å². The number of nitro benzene ring substituents is 1. The van der Waals surface area contributed by atoms with E-state index in [1.807, 2.05) is 0 Å². The van der Waals surface area contributed by atoms with Crippen molar-refractivity contribution in [3.05, 3.63) is 94.0 Å². The van der Waals surface area contributed by atoms with Crippen molar-refractivity contribution in [1.82, 2.24) is 5.43 Å². The number of hydrogen-bond acceptors (Lipinski definition) is 7. The summed E-state index contributed by atoms with van der Waals surface area (Å²) in [6, 6.07) is 18.7. The number of hydrazone groups is 1. The van der Waals surface area contributed by atoms with Crippen LogP contribution in [0.5, 0.6) is 5.75 Å². The molecular weight excluding hydrogens is 374 g/mol. The SMILES string of the molecule is O=C(NN=Cc1cc(N=Nc2ccc([N+](=O)[O-])cc2)ccc1O)c1ccccc1. The van der Waals surface area contributed by atoms with E-state index >= 15 is 0 Å². The number of nitro groups is 1. The van der Waals surface area contributed by atoms with E-state index in [-0.39, 0.29) is 17.3 Å². The molecule has 9 nitrogen and oxygen atoms in total. The van der Waals surface area contributed by atoms with Crippen LogP contribution in [-0.4, -0.2) is 22.2 Å². The number of nitrogens with one attached hydrogen (secondary N) is 1. The summed E-state index contributed by atoms with van der Waals surface area (Å²) >= 11 is 0. The maximum atomic E-state index is 11.9. The van der Waals surface area contributed by atoms with Crippen LogP contribution in [0.3, 0.4) is 0 Å². The zero-order chi connectivity index (χ0) is 20.6. The second-order valence-electron chi connectivity index (χ2n) is 5.78. The van der Waals surface area contributed by atoms with E-state index in [0.717, 1.165) is 0 Å². The van der Waals surface area contributed by atoms with E-state index < -0.39 is 4.92 Å². The molecule has 0 unspecified atom stereocenters. The molecule has 2 N–H and O–H groups in total. The maximum Gasteiger partial charge on any atom is 0.271 e. The monoisotopic (exact) mass is 389 g/mol. The number of aromatic hydroxyl groups is 1. The molecule has 3 aromatic carbocycles. The van der Waals surface area contributed by atoms with E-state index in [0.29, 0.717) is 22.5 Å². The predicted molar refractivity (Wildman–Crippen MR) is 107 cm³/mol. The summed E-state index contributed by atoms with van der Waals surface area (Å²) in [6.45, 7) is 0. The lowest BCUT2D eigenvalue weighted by atomic mass is 10.2. The summed E-state index contributed by atoms with van der Waals surface area (Å²) in [5.74, 6) is -0.424. The molecule has 3 rings (SSSR count). The normalized spacial score (nSPS) is 11.0. The number of amides is 1. The number of nitrogens with zero attached hydrogens (tertiary/aromatic N) is 4. The van der Waals surface area contributed by atoms with Gasteiger partial charge in [-0.3, -0.25) is 14.9 Å². The molecule has 0 radical (unpaired) electrons. The van der Waals surface area contributed by atoms with Crippen molar-refractivity contribution in [2.45, 2.75) is 0 Å². The molecule has 144 valence electrons. The molecule has 29 heavy (non-hydrogen) atoms. The zero-order valence-electron chi connectivity index (χ0n) is 15.0. The Morgan fingerprint density at radius 1 is 0.966 bits per heavy atom. The first kappa shape index (κ1) is 19.4. The first-order valence-corrected chi connectivity index (χ1v) is 8.40. The van der Waals surface area contributed by atoms with Crippen molar-refractivity contribution >= 4 is 29.2 Å². The quantitative estimate of drug-likeness (QED) is 0.278. The highest BCUT2D eigenvalue weighted by Gasteiger charge is 2.05. The van der Waals surface area contributed by atoms with Gasteiger partial charge in [-0.05, 0) is 42.5 Å². The van der Waals surface area contributed by atoms with Crippen molar-refractivity contribution in [2.75, 3.05) is 0 Å². The molecule has 0 saturated heterocycles. The van der Waals surface area contributed by atoms with Gasteiger partial charge in [-0.1, -0.05) is 18.2 Å². The molecule has 0 aromatic heterocycles. The Morgan fingerprint density at radius 3 is 2.31 bits per heavy atom. The van der Waals surface area contributed by atoms with Gasteiger partial charge in [-0.25, -0.2) is 5.43 Å². The summed E-state index contributed by atoms with van der Waals surface area (Å²) in [4.78, 5) is 22.1. The average molecular weight is 389 g/mol. The van der Waals surface area contributed by atoms with Crippen LogP contribution < -0.4 is 5.43 Å². The number of benzene rings is 3. The van der Waals surface area contributed by atoms with Crippen LogP contribution in [0.4, 0.5) is 17.1 Å². The van der Waals surface area contributed by atoms with Gasteiger partial charge in [0.1, 0.15) is 5.75 Å². The van der Waals surface area contributed by atoms with Crippen LogP contribution >= 0.6 is 0 Å². The molecule has 0 aliphatic heterocycles. The third kappa shape index (κ3) is 5.30.